The Labute approximate surface area is 93.4 Å². The first kappa shape index (κ1) is 10.3. The Morgan fingerprint density at radius 3 is 2.94 bits per heavy atom. The van der Waals surface area contributed by atoms with E-state index in [1.165, 1.54) is 0 Å². The van der Waals surface area contributed by atoms with E-state index in [4.69, 9.17) is 0 Å². The van der Waals surface area contributed by atoms with Crippen molar-refractivity contribution in [3.05, 3.63) is 42.4 Å². The molecule has 16 heavy (non-hydrogen) atoms. The predicted molar refractivity (Wildman–Crippen MR) is 61.9 cm³/mol. The van der Waals surface area contributed by atoms with Crippen molar-refractivity contribution in [2.45, 2.75) is 6.92 Å². The largest absolute Gasteiger partial charge is 0.329 e. The SMILES string of the molecule is Cc1nccc(-c2cccc(NC=O)c2)n1. The van der Waals surface area contributed by atoms with Crippen LogP contribution in [-0.4, -0.2) is 16.4 Å². The first-order valence-electron chi connectivity index (χ1n) is 4.90. The summed E-state index contributed by atoms with van der Waals surface area (Å²) in [4.78, 5) is 18.7. The lowest BCUT2D eigenvalue weighted by molar-refractivity contribution is -0.105. The minimum absolute atomic E-state index is 0.657. The number of benzene rings is 1. The topological polar surface area (TPSA) is 54.9 Å². The first-order chi connectivity index (χ1) is 7.79. The molecule has 4 heteroatoms. The average molecular weight is 213 g/mol. The highest BCUT2D eigenvalue weighted by atomic mass is 16.1. The molecule has 1 N–H and O–H groups in total. The highest BCUT2D eigenvalue weighted by Crippen LogP contribution is 2.20. The van der Waals surface area contributed by atoms with Gasteiger partial charge in [0.1, 0.15) is 5.82 Å². The third kappa shape index (κ3) is 2.23. The van der Waals surface area contributed by atoms with Crippen LogP contribution in [0, 0.1) is 6.92 Å². The second-order valence-electron chi connectivity index (χ2n) is 3.33. The van der Waals surface area contributed by atoms with Crippen LogP contribution in [0.5, 0.6) is 0 Å². The summed E-state index contributed by atoms with van der Waals surface area (Å²) >= 11 is 0. The van der Waals surface area contributed by atoms with E-state index < -0.39 is 0 Å². The molecule has 0 fully saturated rings. The van der Waals surface area contributed by atoms with Crippen molar-refractivity contribution in [3.63, 3.8) is 0 Å². The number of anilines is 1. The summed E-state index contributed by atoms with van der Waals surface area (Å²) in [5.41, 5.74) is 2.56. The van der Waals surface area contributed by atoms with Crippen LogP contribution in [0.3, 0.4) is 0 Å². The van der Waals surface area contributed by atoms with Gasteiger partial charge in [-0.1, -0.05) is 12.1 Å². The maximum absolute atomic E-state index is 10.3. The van der Waals surface area contributed by atoms with E-state index in [0.29, 0.717) is 6.41 Å². The third-order valence-corrected chi connectivity index (χ3v) is 2.16. The van der Waals surface area contributed by atoms with Gasteiger partial charge in [0.25, 0.3) is 0 Å². The fourth-order valence-electron chi connectivity index (χ4n) is 1.45. The van der Waals surface area contributed by atoms with Gasteiger partial charge in [0.2, 0.25) is 6.41 Å². The Bertz CT molecular complexity index is 511. The van der Waals surface area contributed by atoms with Gasteiger partial charge < -0.3 is 5.32 Å². The quantitative estimate of drug-likeness (QED) is 0.793. The van der Waals surface area contributed by atoms with Gasteiger partial charge in [-0.2, -0.15) is 0 Å². The summed E-state index contributed by atoms with van der Waals surface area (Å²) < 4.78 is 0. The zero-order valence-electron chi connectivity index (χ0n) is 8.84. The number of aryl methyl sites for hydroxylation is 1. The summed E-state index contributed by atoms with van der Waals surface area (Å²) in [5.74, 6) is 0.728. The first-order valence-corrected chi connectivity index (χ1v) is 4.90. The van der Waals surface area contributed by atoms with E-state index >= 15 is 0 Å². The van der Waals surface area contributed by atoms with Gasteiger partial charge in [0.15, 0.2) is 0 Å². The van der Waals surface area contributed by atoms with Crippen molar-refractivity contribution in [1.29, 1.82) is 0 Å². The molecule has 80 valence electrons. The second-order valence-corrected chi connectivity index (χ2v) is 3.33. The lowest BCUT2D eigenvalue weighted by Crippen LogP contribution is -1.94. The minimum Gasteiger partial charge on any atom is -0.329 e. The van der Waals surface area contributed by atoms with Crippen LogP contribution in [-0.2, 0) is 4.79 Å². The molecule has 1 heterocycles. The van der Waals surface area contributed by atoms with Crippen LogP contribution in [0.1, 0.15) is 5.82 Å². The Kier molecular flexibility index (Phi) is 2.91. The van der Waals surface area contributed by atoms with E-state index in [-0.39, 0.29) is 0 Å². The lowest BCUT2D eigenvalue weighted by atomic mass is 10.1. The highest BCUT2D eigenvalue weighted by Gasteiger charge is 2.00. The normalized spacial score (nSPS) is 9.81. The molecule has 0 unspecified atom stereocenters. The zero-order valence-corrected chi connectivity index (χ0v) is 8.84. The van der Waals surface area contributed by atoms with Crippen molar-refractivity contribution in [2.75, 3.05) is 5.32 Å². The molecule has 4 nitrogen and oxygen atoms in total. The minimum atomic E-state index is 0.657. The maximum Gasteiger partial charge on any atom is 0.211 e. The zero-order chi connectivity index (χ0) is 11.4. The van der Waals surface area contributed by atoms with E-state index in [2.05, 4.69) is 15.3 Å². The molecule has 0 saturated carbocycles. The third-order valence-electron chi connectivity index (χ3n) is 2.16. The Morgan fingerprint density at radius 1 is 1.31 bits per heavy atom. The molecule has 0 aliphatic heterocycles. The number of hydrogen-bond donors (Lipinski definition) is 1. The fraction of sp³-hybridized carbons (Fsp3) is 0.0833. The van der Waals surface area contributed by atoms with Gasteiger partial charge >= 0.3 is 0 Å². The van der Waals surface area contributed by atoms with Gasteiger partial charge in [-0.3, -0.25) is 4.79 Å². The monoisotopic (exact) mass is 213 g/mol. The van der Waals surface area contributed by atoms with Crippen molar-refractivity contribution in [2.24, 2.45) is 0 Å². The molecule has 2 rings (SSSR count). The standard InChI is InChI=1S/C12H11N3O/c1-9-13-6-5-12(15-9)10-3-2-4-11(7-10)14-8-16/h2-8H,1H3,(H,14,16). The number of nitrogens with zero attached hydrogens (tertiary/aromatic N) is 2. The maximum atomic E-state index is 10.3. The average Bonchev–Trinajstić information content (AvgIpc) is 2.30. The van der Waals surface area contributed by atoms with Crippen molar-refractivity contribution >= 4 is 12.1 Å². The van der Waals surface area contributed by atoms with Gasteiger partial charge in [0, 0.05) is 17.4 Å². The van der Waals surface area contributed by atoms with Crippen LogP contribution in [0.4, 0.5) is 5.69 Å². The molecule has 0 saturated heterocycles. The van der Waals surface area contributed by atoms with Crippen LogP contribution in [0.2, 0.25) is 0 Å². The molecule has 0 atom stereocenters. The molecule has 0 aliphatic carbocycles. The molecule has 0 bridgehead atoms. The number of carbonyl (C=O) groups excluding carboxylic acids is 1. The Balaban J connectivity index is 2.40. The second kappa shape index (κ2) is 4.53. The number of amides is 1. The Hall–Kier alpha value is -2.23. The molecular formula is C12H11N3O. The smallest absolute Gasteiger partial charge is 0.211 e. The Morgan fingerprint density at radius 2 is 2.19 bits per heavy atom. The van der Waals surface area contributed by atoms with Crippen LogP contribution >= 0.6 is 0 Å². The van der Waals surface area contributed by atoms with Crippen molar-refractivity contribution < 1.29 is 4.79 Å². The summed E-state index contributed by atoms with van der Waals surface area (Å²) in [6, 6.07) is 9.35. The number of rotatable bonds is 3. The van der Waals surface area contributed by atoms with E-state index in [0.717, 1.165) is 22.8 Å². The molecule has 1 aromatic heterocycles. The number of carbonyl (C=O) groups is 1. The predicted octanol–water partition coefficient (Wildman–Crippen LogP) is 2.02. The lowest BCUT2D eigenvalue weighted by Gasteiger charge is -2.04. The van der Waals surface area contributed by atoms with Crippen LogP contribution < -0.4 is 5.32 Å². The highest BCUT2D eigenvalue weighted by molar-refractivity contribution is 5.74. The summed E-state index contributed by atoms with van der Waals surface area (Å²) in [5, 5.41) is 2.61. The summed E-state index contributed by atoms with van der Waals surface area (Å²) in [7, 11) is 0. The summed E-state index contributed by atoms with van der Waals surface area (Å²) in [6.07, 6.45) is 2.38. The fourth-order valence-corrected chi connectivity index (χ4v) is 1.45. The van der Waals surface area contributed by atoms with E-state index in [1.54, 1.807) is 6.20 Å². The van der Waals surface area contributed by atoms with E-state index in [9.17, 15) is 4.79 Å². The van der Waals surface area contributed by atoms with Gasteiger partial charge in [-0.05, 0) is 25.1 Å². The molecule has 0 spiro atoms. The van der Waals surface area contributed by atoms with Crippen LogP contribution in [0.15, 0.2) is 36.5 Å². The van der Waals surface area contributed by atoms with Gasteiger partial charge in [-0.15, -0.1) is 0 Å². The summed E-state index contributed by atoms with van der Waals surface area (Å²) in [6.45, 7) is 1.84. The number of nitrogens with one attached hydrogen (secondary N) is 1. The molecule has 0 radical (unpaired) electrons. The molecule has 2 aromatic rings. The van der Waals surface area contributed by atoms with E-state index in [1.807, 2.05) is 37.3 Å². The van der Waals surface area contributed by atoms with Crippen molar-refractivity contribution in [3.8, 4) is 11.3 Å². The number of aromatic nitrogens is 2. The van der Waals surface area contributed by atoms with Crippen LogP contribution in [0.25, 0.3) is 11.3 Å². The van der Waals surface area contributed by atoms with Gasteiger partial charge in [-0.25, -0.2) is 9.97 Å². The number of hydrogen-bond acceptors (Lipinski definition) is 3. The molecular weight excluding hydrogens is 202 g/mol. The molecule has 0 aliphatic rings. The molecule has 1 amide bonds. The molecule has 1 aromatic carbocycles. The van der Waals surface area contributed by atoms with Crippen molar-refractivity contribution in [1.82, 2.24) is 9.97 Å². The van der Waals surface area contributed by atoms with Gasteiger partial charge in [0.05, 0.1) is 5.69 Å².